The summed E-state index contributed by atoms with van der Waals surface area (Å²) in [6, 6.07) is 21.6. The summed E-state index contributed by atoms with van der Waals surface area (Å²) in [4.78, 5) is 18.3. The fourth-order valence-electron chi connectivity index (χ4n) is 4.52. The van der Waals surface area contributed by atoms with Crippen LogP contribution in [0.3, 0.4) is 0 Å². The third-order valence-electron chi connectivity index (χ3n) is 6.47. The molecule has 0 aliphatic carbocycles. The summed E-state index contributed by atoms with van der Waals surface area (Å²) in [6.07, 6.45) is 3.00. The van der Waals surface area contributed by atoms with Crippen molar-refractivity contribution in [2.24, 2.45) is 0 Å². The molecule has 0 amide bonds. The maximum absolute atomic E-state index is 14.6. The molecule has 0 fully saturated rings. The van der Waals surface area contributed by atoms with Crippen LogP contribution in [0.1, 0.15) is 17.5 Å². The number of nitrogens with zero attached hydrogens (tertiary/aromatic N) is 5. The van der Waals surface area contributed by atoms with Gasteiger partial charge in [-0.15, -0.1) is 5.10 Å². The summed E-state index contributed by atoms with van der Waals surface area (Å²) >= 11 is 1.20. The van der Waals surface area contributed by atoms with Crippen LogP contribution in [0.4, 0.5) is 4.39 Å². The first-order chi connectivity index (χ1) is 19.6. The molecule has 0 bridgehead atoms. The van der Waals surface area contributed by atoms with Gasteiger partial charge in [-0.2, -0.15) is 14.6 Å². The Hall–Kier alpha value is -5.03. The van der Waals surface area contributed by atoms with Crippen LogP contribution >= 0.6 is 11.3 Å². The van der Waals surface area contributed by atoms with Gasteiger partial charge in [-0.25, -0.2) is 9.07 Å². The first kappa shape index (κ1) is 24.0. The lowest BCUT2D eigenvalue weighted by Crippen LogP contribution is -2.26. The number of aromatic nitrogens is 5. The van der Waals surface area contributed by atoms with Crippen LogP contribution in [-0.4, -0.2) is 38.1 Å². The highest BCUT2D eigenvalue weighted by Crippen LogP contribution is 2.35. The molecular weight excluding hydrogens is 533 g/mol. The summed E-state index contributed by atoms with van der Waals surface area (Å²) in [7, 11) is 1.41. The second-order valence-corrected chi connectivity index (χ2v) is 10.0. The lowest BCUT2D eigenvalue weighted by atomic mass is 10.1. The van der Waals surface area contributed by atoms with Gasteiger partial charge in [-0.1, -0.05) is 41.7 Å². The molecule has 6 aromatic rings. The number of hydrogen-bond donors (Lipinski definition) is 0. The zero-order chi connectivity index (χ0) is 27.2. The van der Waals surface area contributed by atoms with E-state index in [1.807, 2.05) is 54.6 Å². The van der Waals surface area contributed by atoms with E-state index in [1.54, 1.807) is 29.1 Å². The SMILES string of the molecule is COc1ccc(-c2nn(-c3ccccc3)cc2C=c2sc3nc(C4COc5ccccc5O4)nn3c2=O)cc1F. The highest BCUT2D eigenvalue weighted by Gasteiger charge is 2.27. The minimum absolute atomic E-state index is 0.135. The molecule has 1 atom stereocenters. The van der Waals surface area contributed by atoms with Gasteiger partial charge >= 0.3 is 0 Å². The molecule has 0 saturated heterocycles. The van der Waals surface area contributed by atoms with Gasteiger partial charge in [0.25, 0.3) is 5.56 Å². The number of ether oxygens (including phenoxy) is 3. The number of halogens is 1. The summed E-state index contributed by atoms with van der Waals surface area (Å²) < 4.78 is 34.8. The van der Waals surface area contributed by atoms with Gasteiger partial charge in [-0.3, -0.25) is 4.79 Å². The van der Waals surface area contributed by atoms with Crippen molar-refractivity contribution in [2.75, 3.05) is 13.7 Å². The van der Waals surface area contributed by atoms with Crippen LogP contribution in [0.5, 0.6) is 17.2 Å². The van der Waals surface area contributed by atoms with Crippen molar-refractivity contribution in [3.63, 3.8) is 0 Å². The molecule has 4 heterocycles. The van der Waals surface area contributed by atoms with E-state index >= 15 is 0 Å². The van der Waals surface area contributed by atoms with Crippen molar-refractivity contribution >= 4 is 22.4 Å². The Morgan fingerprint density at radius 2 is 1.85 bits per heavy atom. The maximum Gasteiger partial charge on any atom is 0.291 e. The predicted molar refractivity (Wildman–Crippen MR) is 147 cm³/mol. The number of benzene rings is 3. The predicted octanol–water partition coefficient (Wildman–Crippen LogP) is 4.21. The number of rotatable bonds is 5. The van der Waals surface area contributed by atoms with E-state index in [4.69, 9.17) is 19.3 Å². The Kier molecular flexibility index (Phi) is 5.78. The first-order valence-electron chi connectivity index (χ1n) is 12.4. The van der Waals surface area contributed by atoms with E-state index in [9.17, 15) is 9.18 Å². The molecule has 0 N–H and O–H groups in total. The number of thiazole rings is 1. The van der Waals surface area contributed by atoms with Gasteiger partial charge in [0.05, 0.1) is 17.3 Å². The van der Waals surface area contributed by atoms with E-state index < -0.39 is 11.9 Å². The molecule has 40 heavy (non-hydrogen) atoms. The average molecular weight is 554 g/mol. The largest absolute Gasteiger partial charge is 0.494 e. The highest BCUT2D eigenvalue weighted by molar-refractivity contribution is 7.15. The minimum Gasteiger partial charge on any atom is -0.494 e. The van der Waals surface area contributed by atoms with Crippen molar-refractivity contribution in [1.82, 2.24) is 24.4 Å². The van der Waals surface area contributed by atoms with Crippen molar-refractivity contribution in [2.45, 2.75) is 6.10 Å². The van der Waals surface area contributed by atoms with Crippen molar-refractivity contribution < 1.29 is 18.6 Å². The molecule has 0 saturated carbocycles. The minimum atomic E-state index is -0.533. The number of para-hydroxylation sites is 3. The molecule has 1 aliphatic heterocycles. The quantitative estimate of drug-likeness (QED) is 0.316. The van der Waals surface area contributed by atoms with Crippen LogP contribution in [0.25, 0.3) is 28.0 Å². The van der Waals surface area contributed by atoms with Crippen molar-refractivity contribution in [1.29, 1.82) is 0 Å². The van der Waals surface area contributed by atoms with E-state index in [1.165, 1.54) is 29.0 Å². The molecule has 3 aromatic heterocycles. The molecule has 7 rings (SSSR count). The smallest absolute Gasteiger partial charge is 0.291 e. The standard InChI is InChI=1S/C29H20FN5O4S/c1-37-21-12-11-17(13-20(21)30)26-18(15-34(32-26)19-7-3-2-4-8-19)14-25-28(36)35-29(40-25)31-27(33-35)24-16-38-22-9-5-6-10-23(22)39-24/h2-15,24H,16H2,1H3. The van der Waals surface area contributed by atoms with Gasteiger partial charge in [0.1, 0.15) is 12.3 Å². The second kappa shape index (κ2) is 9.62. The molecule has 3 aromatic carbocycles. The third kappa shape index (κ3) is 4.16. The lowest BCUT2D eigenvalue weighted by molar-refractivity contribution is 0.0852. The van der Waals surface area contributed by atoms with Crippen LogP contribution in [0, 0.1) is 5.82 Å². The third-order valence-corrected chi connectivity index (χ3v) is 7.43. The number of hydrogen-bond acceptors (Lipinski definition) is 8. The van der Waals surface area contributed by atoms with Crippen LogP contribution < -0.4 is 24.3 Å². The molecule has 198 valence electrons. The molecular formula is C29H20FN5O4S. The van der Waals surface area contributed by atoms with E-state index in [2.05, 4.69) is 10.1 Å². The Morgan fingerprint density at radius 3 is 2.62 bits per heavy atom. The van der Waals surface area contributed by atoms with E-state index in [0.29, 0.717) is 43.6 Å². The van der Waals surface area contributed by atoms with E-state index in [0.717, 1.165) is 5.69 Å². The normalized spacial score (nSPS) is 15.1. The van der Waals surface area contributed by atoms with Crippen LogP contribution in [0.2, 0.25) is 0 Å². The van der Waals surface area contributed by atoms with Crippen molar-refractivity contribution in [3.8, 4) is 34.2 Å². The Bertz CT molecular complexity index is 1990. The van der Waals surface area contributed by atoms with E-state index in [-0.39, 0.29) is 17.9 Å². The fourth-order valence-corrected chi connectivity index (χ4v) is 5.42. The topological polar surface area (TPSA) is 92.8 Å². The van der Waals surface area contributed by atoms with Gasteiger partial charge in [0, 0.05) is 17.3 Å². The van der Waals surface area contributed by atoms with Gasteiger partial charge < -0.3 is 14.2 Å². The summed E-state index contributed by atoms with van der Waals surface area (Å²) in [5.74, 6) is 1.26. The van der Waals surface area contributed by atoms with Gasteiger partial charge in [-0.05, 0) is 48.5 Å². The highest BCUT2D eigenvalue weighted by atomic mass is 32.1. The molecule has 1 aliphatic rings. The van der Waals surface area contributed by atoms with Gasteiger partial charge in [0.2, 0.25) is 4.96 Å². The van der Waals surface area contributed by atoms with Crippen LogP contribution in [-0.2, 0) is 0 Å². The molecule has 0 spiro atoms. The Labute approximate surface area is 230 Å². The first-order valence-corrected chi connectivity index (χ1v) is 13.2. The summed E-state index contributed by atoms with van der Waals surface area (Å²) in [5.41, 5.74) is 2.19. The Balaban J connectivity index is 1.29. The summed E-state index contributed by atoms with van der Waals surface area (Å²) in [6.45, 7) is 0.239. The molecule has 9 nitrogen and oxygen atoms in total. The molecule has 0 radical (unpaired) electrons. The maximum atomic E-state index is 14.6. The lowest BCUT2D eigenvalue weighted by Gasteiger charge is -2.24. The fraction of sp³-hybridized carbons (Fsp3) is 0.103. The number of fused-ring (bicyclic) bond motifs is 2. The van der Waals surface area contributed by atoms with Gasteiger partial charge in [0.15, 0.2) is 35.0 Å². The Morgan fingerprint density at radius 1 is 1.05 bits per heavy atom. The molecule has 11 heteroatoms. The number of methoxy groups -OCH3 is 1. The second-order valence-electron chi connectivity index (χ2n) is 9.01. The average Bonchev–Trinajstić information content (AvgIpc) is 3.68. The zero-order valence-electron chi connectivity index (χ0n) is 21.0. The van der Waals surface area contributed by atoms with Crippen LogP contribution in [0.15, 0.2) is 83.8 Å². The zero-order valence-corrected chi connectivity index (χ0v) is 21.8. The monoisotopic (exact) mass is 553 g/mol. The molecule has 1 unspecified atom stereocenters. The van der Waals surface area contributed by atoms with Crippen molar-refractivity contribution in [3.05, 3.63) is 111 Å². The summed E-state index contributed by atoms with van der Waals surface area (Å²) in [5, 5.41) is 9.15.